The zero-order valence-electron chi connectivity index (χ0n) is 16.8. The standard InChI is InChI=1S/C23H20ClN3O4/c1-14(31-17-5-3-16(24)4-6-17)18-8-11-25-22(26-18)27-21(28)23(9-10-23)15-2-7-19-20(12-15)30-13-29-19/h2-8,11-12,14H,9-10,13H2,1H3,(H,25,26,27,28). The molecule has 1 aromatic heterocycles. The van der Waals surface area contributed by atoms with Crippen LogP contribution < -0.4 is 19.5 Å². The first kappa shape index (κ1) is 19.6. The van der Waals surface area contributed by atoms with Gasteiger partial charge in [0.15, 0.2) is 11.5 Å². The first-order valence-electron chi connectivity index (χ1n) is 10.0. The Morgan fingerprint density at radius 3 is 2.68 bits per heavy atom. The van der Waals surface area contributed by atoms with Gasteiger partial charge in [-0.3, -0.25) is 10.1 Å². The van der Waals surface area contributed by atoms with E-state index in [0.717, 1.165) is 18.4 Å². The molecular formula is C23H20ClN3O4. The number of benzene rings is 2. The van der Waals surface area contributed by atoms with E-state index in [1.54, 1.807) is 36.5 Å². The molecule has 1 unspecified atom stereocenters. The van der Waals surface area contributed by atoms with Crippen molar-refractivity contribution in [2.75, 3.05) is 12.1 Å². The number of hydrogen-bond donors (Lipinski definition) is 1. The number of anilines is 1. The summed E-state index contributed by atoms with van der Waals surface area (Å²) < 4.78 is 16.7. The lowest BCUT2D eigenvalue weighted by Gasteiger charge is -2.17. The van der Waals surface area contributed by atoms with Crippen LogP contribution in [0, 0.1) is 0 Å². The van der Waals surface area contributed by atoms with E-state index >= 15 is 0 Å². The molecule has 1 saturated carbocycles. The summed E-state index contributed by atoms with van der Waals surface area (Å²) in [5, 5.41) is 3.51. The summed E-state index contributed by atoms with van der Waals surface area (Å²) in [4.78, 5) is 21.8. The van der Waals surface area contributed by atoms with Crippen molar-refractivity contribution in [2.24, 2.45) is 0 Å². The Kier molecular flexibility index (Phi) is 4.90. The smallest absolute Gasteiger partial charge is 0.237 e. The zero-order chi connectivity index (χ0) is 21.4. The van der Waals surface area contributed by atoms with Gasteiger partial charge in [0.1, 0.15) is 11.9 Å². The van der Waals surface area contributed by atoms with Gasteiger partial charge in [0.25, 0.3) is 0 Å². The molecule has 1 aliphatic carbocycles. The lowest BCUT2D eigenvalue weighted by Crippen LogP contribution is -2.28. The summed E-state index contributed by atoms with van der Waals surface area (Å²) in [5.41, 5.74) is 0.976. The highest BCUT2D eigenvalue weighted by Gasteiger charge is 2.52. The van der Waals surface area contributed by atoms with Crippen LogP contribution in [0.15, 0.2) is 54.7 Å². The fourth-order valence-electron chi connectivity index (χ4n) is 3.62. The predicted octanol–water partition coefficient (Wildman–Crippen LogP) is 4.67. The quantitative estimate of drug-likeness (QED) is 0.603. The molecule has 8 heteroatoms. The minimum absolute atomic E-state index is 0.130. The molecular weight excluding hydrogens is 418 g/mol. The lowest BCUT2D eigenvalue weighted by molar-refractivity contribution is -0.118. The average molecular weight is 438 g/mol. The van der Waals surface area contributed by atoms with Crippen LogP contribution >= 0.6 is 11.6 Å². The zero-order valence-corrected chi connectivity index (χ0v) is 17.6. The van der Waals surface area contributed by atoms with Gasteiger partial charge in [0, 0.05) is 11.2 Å². The van der Waals surface area contributed by atoms with Gasteiger partial charge in [-0.05, 0) is 67.8 Å². The van der Waals surface area contributed by atoms with E-state index in [4.69, 9.17) is 25.8 Å². The van der Waals surface area contributed by atoms with E-state index in [0.29, 0.717) is 28.0 Å². The van der Waals surface area contributed by atoms with E-state index in [2.05, 4.69) is 15.3 Å². The first-order chi connectivity index (χ1) is 15.0. The van der Waals surface area contributed by atoms with Crippen LogP contribution in [0.4, 0.5) is 5.95 Å². The van der Waals surface area contributed by atoms with Crippen molar-refractivity contribution < 1.29 is 19.0 Å². The number of nitrogens with zero attached hydrogens (tertiary/aromatic N) is 2. The molecule has 2 heterocycles. The highest BCUT2D eigenvalue weighted by atomic mass is 35.5. The van der Waals surface area contributed by atoms with Crippen LogP contribution in [0.1, 0.15) is 37.1 Å². The second kappa shape index (κ2) is 7.74. The molecule has 7 nitrogen and oxygen atoms in total. The second-order valence-electron chi connectivity index (χ2n) is 7.62. The normalized spacial score (nSPS) is 16.5. The summed E-state index contributed by atoms with van der Waals surface area (Å²) >= 11 is 5.92. The third-order valence-corrected chi connectivity index (χ3v) is 5.81. The van der Waals surface area contributed by atoms with Gasteiger partial charge >= 0.3 is 0 Å². The maximum atomic E-state index is 13.1. The molecule has 158 valence electrons. The molecule has 2 aromatic carbocycles. The van der Waals surface area contributed by atoms with Crippen LogP contribution in [0.5, 0.6) is 17.2 Å². The molecule has 1 amide bonds. The molecule has 5 rings (SSSR count). The summed E-state index contributed by atoms with van der Waals surface area (Å²) in [5.74, 6) is 2.17. The first-order valence-corrected chi connectivity index (χ1v) is 10.4. The minimum Gasteiger partial charge on any atom is -0.484 e. The third-order valence-electron chi connectivity index (χ3n) is 5.56. The number of amides is 1. The monoisotopic (exact) mass is 437 g/mol. The Morgan fingerprint density at radius 1 is 1.13 bits per heavy atom. The van der Waals surface area contributed by atoms with Crippen molar-refractivity contribution in [2.45, 2.75) is 31.3 Å². The average Bonchev–Trinajstić information content (AvgIpc) is 3.46. The van der Waals surface area contributed by atoms with Crippen LogP contribution in [0.2, 0.25) is 5.02 Å². The molecule has 3 aromatic rings. The van der Waals surface area contributed by atoms with Gasteiger partial charge in [-0.2, -0.15) is 0 Å². The van der Waals surface area contributed by atoms with Crippen molar-refractivity contribution in [1.29, 1.82) is 0 Å². The van der Waals surface area contributed by atoms with E-state index in [-0.39, 0.29) is 24.8 Å². The summed E-state index contributed by atoms with van der Waals surface area (Å²) in [6.07, 6.45) is 2.80. The molecule has 2 aliphatic rings. The van der Waals surface area contributed by atoms with Gasteiger partial charge in [0.05, 0.1) is 11.1 Å². The van der Waals surface area contributed by atoms with Crippen molar-refractivity contribution in [3.63, 3.8) is 0 Å². The van der Waals surface area contributed by atoms with E-state index in [1.165, 1.54) is 0 Å². The number of rotatable bonds is 6. The Morgan fingerprint density at radius 2 is 1.90 bits per heavy atom. The molecule has 0 spiro atoms. The van der Waals surface area contributed by atoms with Crippen LogP contribution in [-0.2, 0) is 10.2 Å². The number of hydrogen-bond acceptors (Lipinski definition) is 6. The fourth-order valence-corrected chi connectivity index (χ4v) is 3.75. The largest absolute Gasteiger partial charge is 0.484 e. The molecule has 0 radical (unpaired) electrons. The van der Waals surface area contributed by atoms with Gasteiger partial charge in [0.2, 0.25) is 18.6 Å². The molecule has 0 bridgehead atoms. The topological polar surface area (TPSA) is 82.6 Å². The number of fused-ring (bicyclic) bond motifs is 1. The van der Waals surface area contributed by atoms with E-state index < -0.39 is 5.41 Å². The summed E-state index contributed by atoms with van der Waals surface area (Å²) in [6.45, 7) is 2.09. The van der Waals surface area contributed by atoms with E-state index in [1.807, 2.05) is 25.1 Å². The maximum Gasteiger partial charge on any atom is 0.237 e. The Bertz CT molecular complexity index is 1130. The molecule has 1 fully saturated rings. The van der Waals surface area contributed by atoms with Crippen LogP contribution in [0.25, 0.3) is 0 Å². The van der Waals surface area contributed by atoms with Gasteiger partial charge < -0.3 is 14.2 Å². The number of ether oxygens (including phenoxy) is 3. The molecule has 31 heavy (non-hydrogen) atoms. The SMILES string of the molecule is CC(Oc1ccc(Cl)cc1)c1ccnc(NC(=O)C2(c3ccc4c(c3)OCO4)CC2)n1. The van der Waals surface area contributed by atoms with Crippen LogP contribution in [-0.4, -0.2) is 22.7 Å². The summed E-state index contributed by atoms with van der Waals surface area (Å²) in [6, 6.07) is 14.5. The summed E-state index contributed by atoms with van der Waals surface area (Å²) in [7, 11) is 0. The number of halogens is 1. The highest BCUT2D eigenvalue weighted by Crippen LogP contribution is 2.51. The second-order valence-corrected chi connectivity index (χ2v) is 8.06. The number of nitrogens with one attached hydrogen (secondary N) is 1. The van der Waals surface area contributed by atoms with Crippen molar-refractivity contribution in [3.05, 3.63) is 71.0 Å². The third kappa shape index (κ3) is 3.88. The molecule has 0 saturated heterocycles. The molecule has 1 N–H and O–H groups in total. The number of carbonyl (C=O) groups excluding carboxylic acids is 1. The van der Waals surface area contributed by atoms with Crippen LogP contribution in [0.3, 0.4) is 0 Å². The van der Waals surface area contributed by atoms with Crippen molar-refractivity contribution in [3.8, 4) is 17.2 Å². The predicted molar refractivity (Wildman–Crippen MR) is 115 cm³/mol. The number of aromatic nitrogens is 2. The lowest BCUT2D eigenvalue weighted by atomic mass is 9.94. The Balaban J connectivity index is 1.30. The molecule has 1 atom stereocenters. The van der Waals surface area contributed by atoms with Gasteiger partial charge in [-0.25, -0.2) is 9.97 Å². The van der Waals surface area contributed by atoms with Crippen molar-refractivity contribution in [1.82, 2.24) is 9.97 Å². The van der Waals surface area contributed by atoms with Crippen molar-refractivity contribution >= 4 is 23.5 Å². The Hall–Kier alpha value is -3.32. The van der Waals surface area contributed by atoms with Gasteiger partial charge in [-0.15, -0.1) is 0 Å². The Labute approximate surface area is 184 Å². The molecule has 1 aliphatic heterocycles. The maximum absolute atomic E-state index is 13.1. The fraction of sp³-hybridized carbons (Fsp3) is 0.261. The highest BCUT2D eigenvalue weighted by molar-refractivity contribution is 6.30. The number of carbonyl (C=O) groups is 1. The van der Waals surface area contributed by atoms with E-state index in [9.17, 15) is 4.79 Å². The minimum atomic E-state index is -0.592. The van der Waals surface area contributed by atoms with Gasteiger partial charge in [-0.1, -0.05) is 17.7 Å².